The maximum atomic E-state index is 12.7. The third-order valence-corrected chi connectivity index (χ3v) is 9.27. The van der Waals surface area contributed by atoms with Gasteiger partial charge in [-0.15, -0.1) is 11.3 Å². The quantitative estimate of drug-likeness (QED) is 0.630. The predicted octanol–water partition coefficient (Wildman–Crippen LogP) is 0.281. The first kappa shape index (κ1) is 19.3. The lowest BCUT2D eigenvalue weighted by atomic mass is 10.0. The van der Waals surface area contributed by atoms with Gasteiger partial charge in [-0.2, -0.15) is 0 Å². The van der Waals surface area contributed by atoms with Crippen LogP contribution in [0.1, 0.15) is 44.2 Å². The summed E-state index contributed by atoms with van der Waals surface area (Å²) in [6, 6.07) is 0.641. The number of primary sulfonamides is 1. The first-order valence-corrected chi connectivity index (χ1v) is 11.3. The smallest absolute Gasteiger partial charge is 0.247 e. The van der Waals surface area contributed by atoms with Gasteiger partial charge in [0.2, 0.25) is 15.9 Å². The van der Waals surface area contributed by atoms with Gasteiger partial charge in [0.1, 0.15) is 8.42 Å². The van der Waals surface area contributed by atoms with Crippen LogP contribution in [0.25, 0.3) is 0 Å². The summed E-state index contributed by atoms with van der Waals surface area (Å²) in [7, 11) is -7.77. The monoisotopic (exact) mass is 396 g/mol. The number of carbonyl (C=O) groups is 1. The Morgan fingerprint density at radius 1 is 1.50 bits per heavy atom. The molecule has 1 aromatic rings. The van der Waals surface area contributed by atoms with Crippen LogP contribution < -0.4 is 10.5 Å². The number of nitrogens with one attached hydrogen (secondary N) is 1. The van der Waals surface area contributed by atoms with Gasteiger partial charge in [-0.05, 0) is 25.3 Å². The second-order valence-corrected chi connectivity index (χ2v) is 10.9. The van der Waals surface area contributed by atoms with Crippen molar-refractivity contribution in [3.63, 3.8) is 0 Å². The molecule has 11 heteroatoms. The van der Waals surface area contributed by atoms with Crippen molar-refractivity contribution in [1.29, 1.82) is 0 Å². The fraction of sp³-hybridized carbons (Fsp3) is 0.615. The molecule has 0 spiro atoms. The highest BCUT2D eigenvalue weighted by atomic mass is 32.3. The molecule has 1 aliphatic heterocycles. The lowest BCUT2D eigenvalue weighted by molar-refractivity contribution is -0.121. The van der Waals surface area contributed by atoms with Crippen LogP contribution in [0.4, 0.5) is 0 Å². The Bertz CT molecular complexity index is 828. The van der Waals surface area contributed by atoms with Crippen LogP contribution in [-0.2, 0) is 24.7 Å². The second-order valence-electron chi connectivity index (χ2n) is 5.60. The number of hydrogen-bond donors (Lipinski definition) is 3. The summed E-state index contributed by atoms with van der Waals surface area (Å²) in [6.45, 7) is 1.53. The molecule has 2 atom stereocenters. The van der Waals surface area contributed by atoms with Crippen molar-refractivity contribution in [3.05, 3.63) is 11.6 Å². The maximum Gasteiger partial charge on any atom is 0.247 e. The molecular formula is C13H20N2O6S3. The molecule has 1 amide bonds. The van der Waals surface area contributed by atoms with Crippen molar-refractivity contribution < 1.29 is 26.7 Å². The standard InChI is InChI=1S/C13H20N2O6S3/c1-2-11(17)15-10-6-8(4-3-5-16)23(18,19)13-9(10)7-12(22-13)24(14,20)21/h7-8,10,16H,2-6H2,1H3,(H,15,17)(H2,14,20,21). The van der Waals surface area contributed by atoms with E-state index in [1.165, 1.54) is 6.07 Å². The summed E-state index contributed by atoms with van der Waals surface area (Å²) in [5.74, 6) is -0.255. The Hall–Kier alpha value is -1.01. The van der Waals surface area contributed by atoms with E-state index in [1.54, 1.807) is 6.92 Å². The molecule has 8 nitrogen and oxygen atoms in total. The fourth-order valence-electron chi connectivity index (χ4n) is 2.66. The first-order chi connectivity index (χ1) is 11.1. The molecule has 4 N–H and O–H groups in total. The van der Waals surface area contributed by atoms with Crippen LogP contribution in [0.15, 0.2) is 14.5 Å². The van der Waals surface area contributed by atoms with Crippen LogP contribution in [-0.4, -0.2) is 39.7 Å². The zero-order valence-electron chi connectivity index (χ0n) is 13.1. The van der Waals surface area contributed by atoms with Crippen LogP contribution >= 0.6 is 11.3 Å². The first-order valence-electron chi connectivity index (χ1n) is 7.42. The summed E-state index contributed by atoms with van der Waals surface area (Å²) >= 11 is 0.610. The van der Waals surface area contributed by atoms with Gasteiger partial charge in [0.05, 0.1) is 11.3 Å². The number of fused-ring (bicyclic) bond motifs is 1. The van der Waals surface area contributed by atoms with Crippen LogP contribution in [0, 0.1) is 0 Å². The van der Waals surface area contributed by atoms with Gasteiger partial charge < -0.3 is 10.4 Å². The summed E-state index contributed by atoms with van der Waals surface area (Å²) in [4.78, 5) is 11.7. The number of sulfone groups is 1. The molecule has 136 valence electrons. The minimum atomic E-state index is -4.04. The third-order valence-electron chi connectivity index (χ3n) is 3.89. The third kappa shape index (κ3) is 3.80. The fourth-order valence-corrected chi connectivity index (χ4v) is 7.41. The highest BCUT2D eigenvalue weighted by Crippen LogP contribution is 2.43. The Morgan fingerprint density at radius 2 is 2.17 bits per heavy atom. The van der Waals surface area contributed by atoms with Gasteiger partial charge in [0.15, 0.2) is 9.84 Å². The largest absolute Gasteiger partial charge is 0.396 e. The number of rotatable bonds is 6. The maximum absolute atomic E-state index is 12.7. The lowest BCUT2D eigenvalue weighted by Crippen LogP contribution is -2.37. The predicted molar refractivity (Wildman–Crippen MR) is 88.8 cm³/mol. The molecule has 0 aliphatic carbocycles. The molecular weight excluding hydrogens is 376 g/mol. The van der Waals surface area contributed by atoms with E-state index in [4.69, 9.17) is 10.2 Å². The van der Waals surface area contributed by atoms with Crippen molar-refractivity contribution in [1.82, 2.24) is 5.32 Å². The molecule has 1 aliphatic rings. The number of aliphatic hydroxyl groups excluding tert-OH is 1. The number of sulfonamides is 1. The minimum absolute atomic E-state index is 0.0675. The van der Waals surface area contributed by atoms with Gasteiger partial charge in [0.25, 0.3) is 0 Å². The van der Waals surface area contributed by atoms with Gasteiger partial charge in [-0.3, -0.25) is 4.79 Å². The topological polar surface area (TPSA) is 144 Å². The van der Waals surface area contributed by atoms with E-state index < -0.39 is 31.2 Å². The van der Waals surface area contributed by atoms with Crippen LogP contribution in [0.5, 0.6) is 0 Å². The highest BCUT2D eigenvalue weighted by molar-refractivity contribution is 7.95. The van der Waals surface area contributed by atoms with Gasteiger partial charge in [0, 0.05) is 18.6 Å². The number of amides is 1. The lowest BCUT2D eigenvalue weighted by Gasteiger charge is -2.29. The Kier molecular flexibility index (Phi) is 5.70. The van der Waals surface area contributed by atoms with E-state index in [0.29, 0.717) is 17.8 Å². The summed E-state index contributed by atoms with van der Waals surface area (Å²) in [5.41, 5.74) is 0.270. The Balaban J connectivity index is 2.53. The summed E-state index contributed by atoms with van der Waals surface area (Å²) < 4.78 is 48.3. The van der Waals surface area contributed by atoms with E-state index >= 15 is 0 Å². The number of thiophene rings is 1. The van der Waals surface area contributed by atoms with E-state index in [-0.39, 0.29) is 45.8 Å². The average Bonchev–Trinajstić information content (AvgIpc) is 2.95. The van der Waals surface area contributed by atoms with Gasteiger partial charge in [-0.25, -0.2) is 22.0 Å². The normalized spacial score (nSPS) is 22.8. The molecule has 1 aromatic heterocycles. The van der Waals surface area contributed by atoms with Gasteiger partial charge >= 0.3 is 0 Å². The molecule has 0 bridgehead atoms. The molecule has 0 saturated heterocycles. The van der Waals surface area contributed by atoms with E-state index in [2.05, 4.69) is 5.32 Å². The number of nitrogens with two attached hydrogens (primary N) is 1. The molecule has 24 heavy (non-hydrogen) atoms. The Morgan fingerprint density at radius 3 is 2.71 bits per heavy atom. The van der Waals surface area contributed by atoms with Gasteiger partial charge in [-0.1, -0.05) is 6.92 Å². The highest BCUT2D eigenvalue weighted by Gasteiger charge is 2.41. The summed E-state index contributed by atoms with van der Waals surface area (Å²) in [5, 5.41) is 16.0. The molecule has 2 rings (SSSR count). The second kappa shape index (κ2) is 7.08. The molecule has 2 heterocycles. The van der Waals surface area contributed by atoms with Crippen LogP contribution in [0.3, 0.4) is 0 Å². The van der Waals surface area contributed by atoms with Crippen LogP contribution in [0.2, 0.25) is 0 Å². The Labute approximate surface area is 145 Å². The molecule has 0 fully saturated rings. The zero-order chi connectivity index (χ0) is 18.1. The number of carbonyl (C=O) groups excluding carboxylic acids is 1. The summed E-state index contributed by atoms with van der Waals surface area (Å²) in [6.07, 6.45) is 0.911. The number of hydrogen-bond acceptors (Lipinski definition) is 7. The van der Waals surface area contributed by atoms with E-state index in [9.17, 15) is 21.6 Å². The van der Waals surface area contributed by atoms with Crippen molar-refractivity contribution in [2.75, 3.05) is 6.61 Å². The molecule has 0 radical (unpaired) electrons. The molecule has 2 unspecified atom stereocenters. The average molecular weight is 397 g/mol. The van der Waals surface area contributed by atoms with Crippen molar-refractivity contribution in [2.24, 2.45) is 5.14 Å². The molecule has 0 saturated carbocycles. The minimum Gasteiger partial charge on any atom is -0.396 e. The molecule has 0 aromatic carbocycles. The van der Waals surface area contributed by atoms with E-state index in [1.807, 2.05) is 0 Å². The van der Waals surface area contributed by atoms with E-state index in [0.717, 1.165) is 0 Å². The van der Waals surface area contributed by atoms with Crippen molar-refractivity contribution in [2.45, 2.75) is 52.3 Å². The van der Waals surface area contributed by atoms with Crippen molar-refractivity contribution >= 4 is 37.1 Å². The van der Waals surface area contributed by atoms with Crippen molar-refractivity contribution in [3.8, 4) is 0 Å². The zero-order valence-corrected chi connectivity index (χ0v) is 15.5. The SMILES string of the molecule is CCC(=O)NC1CC(CCCO)S(=O)(=O)c2sc(S(N)(=O)=O)cc21. The number of aliphatic hydroxyl groups is 1.